The summed E-state index contributed by atoms with van der Waals surface area (Å²) >= 11 is 0. The molecule has 2 saturated heterocycles. The standard InChI is InChI=1S/C27H42N6O3/c1-21-7-10-32(11-8-21)13-14-36-23-6-5-22(15-24(23)35-4)17-28-18-27(34)9-12-33(19-27)26-16-25(31(2)3)29-20-30-26/h5-6,15-16,20-21,28,34H,7-14,17-19H2,1-4H3/t27-/m1/s1. The number of likely N-dealkylation sites (tertiary alicyclic amines) is 1. The van der Waals surface area contributed by atoms with Gasteiger partial charge in [0.15, 0.2) is 11.5 Å². The summed E-state index contributed by atoms with van der Waals surface area (Å²) in [7, 11) is 5.59. The molecule has 1 aromatic carbocycles. The third-order valence-electron chi connectivity index (χ3n) is 7.31. The maximum atomic E-state index is 11.1. The van der Waals surface area contributed by atoms with E-state index in [-0.39, 0.29) is 0 Å². The molecule has 0 unspecified atom stereocenters. The van der Waals surface area contributed by atoms with E-state index in [2.05, 4.69) is 38.1 Å². The van der Waals surface area contributed by atoms with Gasteiger partial charge in [0.25, 0.3) is 0 Å². The number of rotatable bonds is 11. The fourth-order valence-corrected chi connectivity index (χ4v) is 4.90. The van der Waals surface area contributed by atoms with Gasteiger partial charge >= 0.3 is 0 Å². The molecule has 0 radical (unpaired) electrons. The van der Waals surface area contributed by atoms with Crippen molar-refractivity contribution in [1.82, 2.24) is 20.2 Å². The van der Waals surface area contributed by atoms with Crippen LogP contribution < -0.4 is 24.6 Å². The van der Waals surface area contributed by atoms with E-state index in [1.807, 2.05) is 37.2 Å². The molecular formula is C27H42N6O3. The number of hydrogen-bond acceptors (Lipinski definition) is 9. The topological polar surface area (TPSA) is 86.2 Å². The van der Waals surface area contributed by atoms with E-state index in [0.29, 0.717) is 32.7 Å². The van der Waals surface area contributed by atoms with Gasteiger partial charge in [0, 0.05) is 52.9 Å². The minimum Gasteiger partial charge on any atom is -0.493 e. The molecule has 4 rings (SSSR count). The van der Waals surface area contributed by atoms with Crippen molar-refractivity contribution in [2.24, 2.45) is 5.92 Å². The molecule has 2 fully saturated rings. The Hall–Kier alpha value is -2.62. The molecule has 2 aliphatic rings. The summed E-state index contributed by atoms with van der Waals surface area (Å²) in [5, 5.41) is 14.6. The molecule has 2 aliphatic heterocycles. The van der Waals surface area contributed by atoms with Crippen LogP contribution in [0.3, 0.4) is 0 Å². The maximum absolute atomic E-state index is 11.1. The number of β-amino-alcohol motifs (C(OH)–C–C–N with tert-alkyl or cyclic N) is 1. The van der Waals surface area contributed by atoms with E-state index < -0.39 is 5.60 Å². The van der Waals surface area contributed by atoms with Crippen LogP contribution in [0.15, 0.2) is 30.6 Å². The Kier molecular flexibility index (Phi) is 8.87. The second-order valence-electron chi connectivity index (χ2n) is 10.5. The van der Waals surface area contributed by atoms with Gasteiger partial charge in [-0.05, 0) is 56.0 Å². The van der Waals surface area contributed by atoms with Crippen LogP contribution in [0.2, 0.25) is 0 Å². The van der Waals surface area contributed by atoms with E-state index >= 15 is 0 Å². The molecule has 2 N–H and O–H groups in total. The monoisotopic (exact) mass is 498 g/mol. The average Bonchev–Trinajstić information content (AvgIpc) is 3.28. The molecule has 0 amide bonds. The van der Waals surface area contributed by atoms with E-state index in [1.165, 1.54) is 12.8 Å². The highest BCUT2D eigenvalue weighted by molar-refractivity contribution is 5.50. The van der Waals surface area contributed by atoms with Crippen LogP contribution in [0.4, 0.5) is 11.6 Å². The van der Waals surface area contributed by atoms with Gasteiger partial charge in [0.05, 0.1) is 12.7 Å². The van der Waals surface area contributed by atoms with Gasteiger partial charge < -0.3 is 29.7 Å². The molecule has 0 saturated carbocycles. The molecule has 0 spiro atoms. The second kappa shape index (κ2) is 12.1. The molecule has 1 atom stereocenters. The smallest absolute Gasteiger partial charge is 0.161 e. The third kappa shape index (κ3) is 6.99. The molecule has 2 aromatic rings. The molecule has 36 heavy (non-hydrogen) atoms. The van der Waals surface area contributed by atoms with E-state index in [1.54, 1.807) is 13.4 Å². The molecule has 9 heteroatoms. The van der Waals surface area contributed by atoms with Crippen LogP contribution in [-0.4, -0.2) is 92.7 Å². The van der Waals surface area contributed by atoms with Gasteiger partial charge in [0.1, 0.15) is 24.6 Å². The number of aliphatic hydroxyl groups is 1. The summed E-state index contributed by atoms with van der Waals surface area (Å²) in [6, 6.07) is 8.02. The van der Waals surface area contributed by atoms with Gasteiger partial charge in [-0.2, -0.15) is 0 Å². The fraction of sp³-hybridized carbons (Fsp3) is 0.630. The van der Waals surface area contributed by atoms with Crippen molar-refractivity contribution in [2.75, 3.05) is 76.9 Å². The summed E-state index contributed by atoms with van der Waals surface area (Å²) in [6.45, 7) is 8.70. The van der Waals surface area contributed by atoms with Crippen molar-refractivity contribution in [2.45, 2.75) is 38.3 Å². The average molecular weight is 499 g/mol. The van der Waals surface area contributed by atoms with Gasteiger partial charge in [0.2, 0.25) is 0 Å². The number of methoxy groups -OCH3 is 1. The highest BCUT2D eigenvalue weighted by atomic mass is 16.5. The van der Waals surface area contributed by atoms with Crippen molar-refractivity contribution in [3.63, 3.8) is 0 Å². The number of piperidine rings is 1. The van der Waals surface area contributed by atoms with Crippen LogP contribution in [0.25, 0.3) is 0 Å². The Bertz CT molecular complexity index is 982. The lowest BCUT2D eigenvalue weighted by Crippen LogP contribution is -2.43. The van der Waals surface area contributed by atoms with Crippen molar-refractivity contribution in [3.8, 4) is 11.5 Å². The first-order valence-corrected chi connectivity index (χ1v) is 13.0. The van der Waals surface area contributed by atoms with Crippen molar-refractivity contribution < 1.29 is 14.6 Å². The highest BCUT2D eigenvalue weighted by Gasteiger charge is 2.36. The van der Waals surface area contributed by atoms with Crippen molar-refractivity contribution in [1.29, 1.82) is 0 Å². The normalized spacial score (nSPS) is 21.1. The number of nitrogens with zero attached hydrogens (tertiary/aromatic N) is 5. The Labute approximate surface area is 215 Å². The van der Waals surface area contributed by atoms with Gasteiger partial charge in [-0.25, -0.2) is 9.97 Å². The van der Waals surface area contributed by atoms with Gasteiger partial charge in [-0.15, -0.1) is 0 Å². The van der Waals surface area contributed by atoms with Crippen LogP contribution >= 0.6 is 0 Å². The quantitative estimate of drug-likeness (QED) is 0.485. The molecule has 1 aromatic heterocycles. The lowest BCUT2D eigenvalue weighted by Gasteiger charge is -2.30. The van der Waals surface area contributed by atoms with Crippen LogP contribution in [0.1, 0.15) is 31.7 Å². The number of hydrogen-bond donors (Lipinski definition) is 2. The zero-order valence-electron chi connectivity index (χ0n) is 22.2. The number of nitrogens with one attached hydrogen (secondary N) is 1. The van der Waals surface area contributed by atoms with E-state index in [0.717, 1.165) is 60.8 Å². The highest BCUT2D eigenvalue weighted by Crippen LogP contribution is 2.29. The van der Waals surface area contributed by atoms with Crippen LogP contribution in [0.5, 0.6) is 11.5 Å². The fourth-order valence-electron chi connectivity index (χ4n) is 4.90. The van der Waals surface area contributed by atoms with Crippen LogP contribution in [-0.2, 0) is 6.54 Å². The third-order valence-corrected chi connectivity index (χ3v) is 7.31. The lowest BCUT2D eigenvalue weighted by atomic mass is 9.99. The molecule has 0 aliphatic carbocycles. The molecule has 9 nitrogen and oxygen atoms in total. The first kappa shape index (κ1) is 26.4. The number of ether oxygens (including phenoxy) is 2. The first-order valence-electron chi connectivity index (χ1n) is 13.0. The summed E-state index contributed by atoms with van der Waals surface area (Å²) in [5.74, 6) is 4.06. The Morgan fingerprint density at radius 3 is 2.69 bits per heavy atom. The van der Waals surface area contributed by atoms with Crippen molar-refractivity contribution in [3.05, 3.63) is 36.2 Å². The van der Waals surface area contributed by atoms with E-state index in [4.69, 9.17) is 9.47 Å². The Balaban J connectivity index is 1.24. The molecular weight excluding hydrogens is 456 g/mol. The van der Waals surface area contributed by atoms with Gasteiger partial charge in [-0.3, -0.25) is 4.90 Å². The predicted molar refractivity (Wildman–Crippen MR) is 143 cm³/mol. The zero-order valence-corrected chi connectivity index (χ0v) is 22.2. The molecule has 198 valence electrons. The Morgan fingerprint density at radius 1 is 1.14 bits per heavy atom. The summed E-state index contributed by atoms with van der Waals surface area (Å²) in [5.41, 5.74) is 0.289. The zero-order chi connectivity index (χ0) is 25.5. The van der Waals surface area contributed by atoms with Crippen LogP contribution in [0, 0.1) is 5.92 Å². The summed E-state index contributed by atoms with van der Waals surface area (Å²) < 4.78 is 11.6. The number of anilines is 2. The summed E-state index contributed by atoms with van der Waals surface area (Å²) in [6.07, 6.45) is 4.81. The number of benzene rings is 1. The maximum Gasteiger partial charge on any atom is 0.161 e. The first-order chi connectivity index (χ1) is 17.3. The largest absolute Gasteiger partial charge is 0.493 e. The van der Waals surface area contributed by atoms with E-state index in [9.17, 15) is 5.11 Å². The Morgan fingerprint density at radius 2 is 1.94 bits per heavy atom. The number of aromatic nitrogens is 2. The summed E-state index contributed by atoms with van der Waals surface area (Å²) in [4.78, 5) is 15.2. The predicted octanol–water partition coefficient (Wildman–Crippen LogP) is 2.39. The molecule has 0 bridgehead atoms. The lowest BCUT2D eigenvalue weighted by molar-refractivity contribution is 0.0626. The van der Waals surface area contributed by atoms with Crippen molar-refractivity contribution >= 4 is 11.6 Å². The minimum atomic E-state index is -0.803. The van der Waals surface area contributed by atoms with Gasteiger partial charge in [-0.1, -0.05) is 13.0 Å². The minimum absolute atomic E-state index is 0.504. The SMILES string of the molecule is COc1cc(CNC[C@]2(O)CCN(c3cc(N(C)C)ncn3)C2)ccc1OCCN1CCC(C)CC1. The molecule has 3 heterocycles. The second-order valence-corrected chi connectivity index (χ2v) is 10.5.